The van der Waals surface area contributed by atoms with Gasteiger partial charge in [-0.25, -0.2) is 0 Å². The Morgan fingerprint density at radius 2 is 2.00 bits per heavy atom. The number of hydrogen-bond donors (Lipinski definition) is 1. The first kappa shape index (κ1) is 18.5. The topological polar surface area (TPSA) is 55.3 Å². The zero-order valence-electron chi connectivity index (χ0n) is 16.4. The summed E-state index contributed by atoms with van der Waals surface area (Å²) in [6.45, 7) is 6.33. The largest absolute Gasteiger partial charge is 0.378 e. The highest BCUT2D eigenvalue weighted by atomic mass is 16.5. The van der Waals surface area contributed by atoms with Gasteiger partial charge in [0.1, 0.15) is 6.10 Å². The summed E-state index contributed by atoms with van der Waals surface area (Å²) in [6, 6.07) is 0.490. The van der Waals surface area contributed by atoms with Gasteiger partial charge < -0.3 is 24.4 Å². The van der Waals surface area contributed by atoms with Gasteiger partial charge in [0.25, 0.3) is 0 Å². The average Bonchev–Trinajstić information content (AvgIpc) is 3.37. The quantitative estimate of drug-likeness (QED) is 0.611. The van der Waals surface area contributed by atoms with Crippen molar-refractivity contribution >= 4 is 5.96 Å². The maximum Gasteiger partial charge on any atom is 0.194 e. The summed E-state index contributed by atoms with van der Waals surface area (Å²) in [5, 5.41) is 3.80. The monoisotopic (exact) mass is 365 g/mol. The lowest BCUT2D eigenvalue weighted by molar-refractivity contribution is -0.127. The van der Waals surface area contributed by atoms with E-state index in [1.54, 1.807) is 0 Å². The Morgan fingerprint density at radius 3 is 2.69 bits per heavy atom. The van der Waals surface area contributed by atoms with Crippen molar-refractivity contribution < 1.29 is 14.2 Å². The molecule has 26 heavy (non-hydrogen) atoms. The van der Waals surface area contributed by atoms with E-state index in [2.05, 4.69) is 22.1 Å². The molecule has 0 aromatic rings. The van der Waals surface area contributed by atoms with E-state index in [0.29, 0.717) is 17.6 Å². The molecule has 4 atom stereocenters. The van der Waals surface area contributed by atoms with Crippen LogP contribution in [0, 0.1) is 5.41 Å². The van der Waals surface area contributed by atoms with Crippen LogP contribution in [0.5, 0.6) is 0 Å². The van der Waals surface area contributed by atoms with Crippen LogP contribution in [0.3, 0.4) is 0 Å². The summed E-state index contributed by atoms with van der Waals surface area (Å²) >= 11 is 0. The fraction of sp³-hybridized carbons (Fsp3) is 0.950. The number of ether oxygens (including phenoxy) is 3. The molecule has 148 valence electrons. The molecular weight excluding hydrogens is 330 g/mol. The van der Waals surface area contributed by atoms with Crippen LogP contribution in [-0.2, 0) is 14.2 Å². The minimum atomic E-state index is 0.169. The molecule has 4 rings (SSSR count). The summed E-state index contributed by atoms with van der Waals surface area (Å²) in [4.78, 5) is 6.98. The second-order valence-electron chi connectivity index (χ2n) is 8.27. The van der Waals surface area contributed by atoms with Gasteiger partial charge in [-0.15, -0.1) is 0 Å². The molecule has 6 nitrogen and oxygen atoms in total. The van der Waals surface area contributed by atoms with Gasteiger partial charge >= 0.3 is 0 Å². The lowest BCUT2D eigenvalue weighted by Crippen LogP contribution is -2.66. The molecule has 0 radical (unpaired) electrons. The van der Waals surface area contributed by atoms with Crippen molar-refractivity contribution in [1.82, 2.24) is 10.2 Å². The first-order valence-electron chi connectivity index (χ1n) is 10.6. The third-order valence-electron chi connectivity index (χ3n) is 6.98. The maximum atomic E-state index is 6.06. The van der Waals surface area contributed by atoms with E-state index < -0.39 is 0 Å². The predicted molar refractivity (Wildman–Crippen MR) is 102 cm³/mol. The van der Waals surface area contributed by atoms with Gasteiger partial charge in [-0.1, -0.05) is 12.8 Å². The van der Waals surface area contributed by atoms with E-state index in [1.807, 2.05) is 7.05 Å². The Morgan fingerprint density at radius 1 is 1.19 bits per heavy atom. The molecule has 4 unspecified atom stereocenters. The number of guanidine groups is 1. The third-order valence-corrected chi connectivity index (χ3v) is 6.98. The zero-order valence-corrected chi connectivity index (χ0v) is 16.4. The molecule has 1 spiro atoms. The van der Waals surface area contributed by atoms with Crippen molar-refractivity contribution in [2.24, 2.45) is 10.4 Å². The number of nitrogens with one attached hydrogen (secondary N) is 1. The van der Waals surface area contributed by atoms with Crippen molar-refractivity contribution in [3.63, 3.8) is 0 Å². The Hall–Kier alpha value is -0.850. The molecule has 2 heterocycles. The second kappa shape index (κ2) is 8.03. The molecule has 2 aliphatic carbocycles. The highest BCUT2D eigenvalue weighted by Crippen LogP contribution is 2.54. The van der Waals surface area contributed by atoms with Crippen LogP contribution in [0.1, 0.15) is 51.9 Å². The number of nitrogens with zero attached hydrogens (tertiary/aromatic N) is 2. The predicted octanol–water partition coefficient (Wildman–Crippen LogP) is 2.18. The second-order valence-corrected chi connectivity index (χ2v) is 8.27. The first-order valence-corrected chi connectivity index (χ1v) is 10.6. The minimum absolute atomic E-state index is 0.169. The van der Waals surface area contributed by atoms with Crippen LogP contribution in [0.2, 0.25) is 0 Å². The molecule has 4 fully saturated rings. The van der Waals surface area contributed by atoms with Gasteiger partial charge in [0.2, 0.25) is 0 Å². The van der Waals surface area contributed by atoms with Gasteiger partial charge in [-0.3, -0.25) is 4.99 Å². The normalized spacial score (nSPS) is 37.2. The van der Waals surface area contributed by atoms with Crippen molar-refractivity contribution in [3.05, 3.63) is 0 Å². The van der Waals surface area contributed by atoms with Crippen LogP contribution < -0.4 is 5.32 Å². The van der Waals surface area contributed by atoms with Crippen LogP contribution in [-0.4, -0.2) is 75.2 Å². The van der Waals surface area contributed by atoms with Crippen molar-refractivity contribution in [2.45, 2.75) is 76.2 Å². The van der Waals surface area contributed by atoms with E-state index in [-0.39, 0.29) is 12.2 Å². The molecule has 2 saturated heterocycles. The van der Waals surface area contributed by atoms with Crippen LogP contribution in [0.15, 0.2) is 4.99 Å². The van der Waals surface area contributed by atoms with Gasteiger partial charge in [-0.2, -0.15) is 0 Å². The van der Waals surface area contributed by atoms with Crippen LogP contribution in [0.25, 0.3) is 0 Å². The molecule has 0 amide bonds. The molecule has 2 saturated carbocycles. The van der Waals surface area contributed by atoms with Gasteiger partial charge in [-0.05, 0) is 39.0 Å². The van der Waals surface area contributed by atoms with E-state index in [1.165, 1.54) is 25.7 Å². The van der Waals surface area contributed by atoms with Crippen LogP contribution in [0.4, 0.5) is 0 Å². The summed E-state index contributed by atoms with van der Waals surface area (Å²) in [5.41, 5.74) is 0.326. The number of morpholine rings is 1. The van der Waals surface area contributed by atoms with Gasteiger partial charge in [0, 0.05) is 44.8 Å². The fourth-order valence-corrected chi connectivity index (χ4v) is 5.53. The minimum Gasteiger partial charge on any atom is -0.378 e. The summed E-state index contributed by atoms with van der Waals surface area (Å²) in [5.74, 6) is 1.03. The number of aliphatic imine (C=N–C) groups is 1. The molecule has 1 N–H and O–H groups in total. The Balaban J connectivity index is 1.38. The number of hydrogen-bond acceptors (Lipinski definition) is 4. The highest BCUT2D eigenvalue weighted by Gasteiger charge is 2.57. The Bertz CT molecular complexity index is 501. The van der Waals surface area contributed by atoms with E-state index in [9.17, 15) is 0 Å². The molecular formula is C20H35N3O3. The van der Waals surface area contributed by atoms with Crippen LogP contribution >= 0.6 is 0 Å². The van der Waals surface area contributed by atoms with E-state index in [0.717, 1.165) is 58.1 Å². The lowest BCUT2D eigenvalue weighted by Gasteiger charge is -2.55. The maximum absolute atomic E-state index is 6.06. The highest BCUT2D eigenvalue weighted by molar-refractivity contribution is 5.80. The molecule has 0 aromatic heterocycles. The fourth-order valence-electron chi connectivity index (χ4n) is 5.53. The molecule has 6 heteroatoms. The smallest absolute Gasteiger partial charge is 0.194 e. The first-order chi connectivity index (χ1) is 12.8. The summed E-state index contributed by atoms with van der Waals surface area (Å²) in [7, 11) is 1.90. The molecule has 4 aliphatic rings. The Labute approximate surface area is 157 Å². The number of rotatable bonds is 4. The standard InChI is InChI=1S/C20H35N3O3/c1-3-24-18-13-17(20(18)8-4-5-9-20)22-19(21-2)23-10-12-26-16(14-23)15-7-6-11-25-15/h15-18H,3-14H2,1-2H3,(H,21,22). The Kier molecular flexibility index (Phi) is 5.72. The van der Waals surface area contributed by atoms with Crippen molar-refractivity contribution in [2.75, 3.05) is 40.0 Å². The zero-order chi connectivity index (χ0) is 18.0. The van der Waals surface area contributed by atoms with Crippen molar-refractivity contribution in [1.29, 1.82) is 0 Å². The lowest BCUT2D eigenvalue weighted by atomic mass is 9.60. The van der Waals surface area contributed by atoms with Gasteiger partial charge in [0.15, 0.2) is 5.96 Å². The third kappa shape index (κ3) is 3.36. The molecule has 2 aliphatic heterocycles. The van der Waals surface area contributed by atoms with E-state index >= 15 is 0 Å². The summed E-state index contributed by atoms with van der Waals surface area (Å²) in [6.07, 6.45) is 9.46. The van der Waals surface area contributed by atoms with E-state index in [4.69, 9.17) is 14.2 Å². The van der Waals surface area contributed by atoms with Crippen molar-refractivity contribution in [3.8, 4) is 0 Å². The SMILES string of the molecule is CCOC1CC(NC(=NC)N2CCOC(C3CCCO3)C2)C12CCCC2. The molecule has 0 bridgehead atoms. The van der Waals surface area contributed by atoms with Gasteiger partial charge in [0.05, 0.1) is 18.8 Å². The summed E-state index contributed by atoms with van der Waals surface area (Å²) < 4.78 is 17.9. The average molecular weight is 366 g/mol. The molecule has 0 aromatic carbocycles.